The van der Waals surface area contributed by atoms with E-state index in [1.165, 1.54) is 23.5 Å². The van der Waals surface area contributed by atoms with Gasteiger partial charge in [0.15, 0.2) is 0 Å². The average Bonchev–Trinajstić information content (AvgIpc) is 3.20. The van der Waals surface area contributed by atoms with Crippen molar-refractivity contribution >= 4 is 40.4 Å². The van der Waals surface area contributed by atoms with Gasteiger partial charge in [0.25, 0.3) is 5.91 Å². The molecule has 1 N–H and O–H groups in total. The van der Waals surface area contributed by atoms with Gasteiger partial charge in [-0.1, -0.05) is 72.4 Å². The van der Waals surface area contributed by atoms with Crippen molar-refractivity contribution in [3.8, 4) is 0 Å². The molecule has 2 aliphatic rings. The molecule has 0 aromatic heterocycles. The van der Waals surface area contributed by atoms with Crippen LogP contribution in [0.1, 0.15) is 11.1 Å². The van der Waals surface area contributed by atoms with Gasteiger partial charge in [-0.2, -0.15) is 0 Å². The number of nitrogens with one attached hydrogen (secondary N) is 1. The summed E-state index contributed by atoms with van der Waals surface area (Å²) in [4.78, 5) is 28.1. The highest BCUT2D eigenvalue weighted by Crippen LogP contribution is 2.48. The molecule has 0 radical (unpaired) electrons. The molecule has 0 saturated carbocycles. The Morgan fingerprint density at radius 1 is 1.00 bits per heavy atom. The van der Waals surface area contributed by atoms with Crippen LogP contribution in [-0.2, 0) is 14.5 Å². The van der Waals surface area contributed by atoms with Crippen LogP contribution in [0, 0.1) is 0 Å². The van der Waals surface area contributed by atoms with Gasteiger partial charge in [-0.3, -0.25) is 9.59 Å². The second-order valence-corrected chi connectivity index (χ2v) is 7.87. The number of carbonyl (C=O) groups excluding carboxylic acids is 2. The van der Waals surface area contributed by atoms with Gasteiger partial charge in [-0.15, -0.1) is 11.8 Å². The number of thioether (sulfide) groups is 2. The quantitative estimate of drug-likeness (QED) is 0.921. The third kappa shape index (κ3) is 2.56. The average molecular weight is 354 g/mol. The van der Waals surface area contributed by atoms with E-state index in [1.54, 1.807) is 0 Å². The summed E-state index contributed by atoms with van der Waals surface area (Å²) < 4.78 is 0. The lowest BCUT2D eigenvalue weighted by molar-refractivity contribution is -0.120. The highest BCUT2D eigenvalue weighted by atomic mass is 32.2. The maximum Gasteiger partial charge on any atom is 0.263 e. The number of hydrogen-bond acceptors (Lipinski definition) is 4. The van der Waals surface area contributed by atoms with E-state index in [-0.39, 0.29) is 11.8 Å². The second-order valence-electron chi connectivity index (χ2n) is 5.56. The van der Waals surface area contributed by atoms with E-state index in [0.29, 0.717) is 10.8 Å². The van der Waals surface area contributed by atoms with Crippen LogP contribution in [0.4, 0.5) is 0 Å². The monoisotopic (exact) mass is 354 g/mol. The van der Waals surface area contributed by atoms with Gasteiger partial charge in [0.05, 0.1) is 5.75 Å². The van der Waals surface area contributed by atoms with Crippen LogP contribution < -0.4 is 5.32 Å². The molecule has 120 valence electrons. The van der Waals surface area contributed by atoms with Crippen LogP contribution in [-0.4, -0.2) is 27.9 Å². The van der Waals surface area contributed by atoms with E-state index in [1.807, 2.05) is 60.7 Å². The Balaban J connectivity index is 1.71. The summed E-state index contributed by atoms with van der Waals surface area (Å²) in [5.74, 6) is 0.0997. The third-order valence-electron chi connectivity index (χ3n) is 4.01. The first-order chi connectivity index (χ1) is 11.7. The predicted molar refractivity (Wildman–Crippen MR) is 98.1 cm³/mol. The molecular weight excluding hydrogens is 340 g/mol. The fourth-order valence-electron chi connectivity index (χ4n) is 2.91. The molecule has 6 heteroatoms. The van der Waals surface area contributed by atoms with E-state index in [2.05, 4.69) is 10.3 Å². The Hall–Kier alpha value is -2.05. The maximum absolute atomic E-state index is 12.7. The third-order valence-corrected chi connectivity index (χ3v) is 6.94. The number of rotatable bonds is 3. The Bertz CT molecular complexity index is 823. The van der Waals surface area contributed by atoms with Crippen molar-refractivity contribution in [1.29, 1.82) is 0 Å². The van der Waals surface area contributed by atoms with Crippen LogP contribution in [0.3, 0.4) is 0 Å². The molecule has 0 bridgehead atoms. The molecule has 4 nitrogen and oxygen atoms in total. The lowest BCUT2D eigenvalue weighted by Crippen LogP contribution is -2.47. The van der Waals surface area contributed by atoms with E-state index >= 15 is 0 Å². The zero-order chi connectivity index (χ0) is 16.6. The molecule has 4 rings (SSSR count). The van der Waals surface area contributed by atoms with Gasteiger partial charge >= 0.3 is 0 Å². The van der Waals surface area contributed by atoms with Crippen molar-refractivity contribution in [2.24, 2.45) is 4.99 Å². The fourth-order valence-corrected chi connectivity index (χ4v) is 5.58. The summed E-state index contributed by atoms with van der Waals surface area (Å²) >= 11 is 2.90. The molecule has 24 heavy (non-hydrogen) atoms. The molecule has 2 heterocycles. The summed E-state index contributed by atoms with van der Waals surface area (Å²) in [5.41, 5.74) is 1.85. The Labute approximate surface area is 148 Å². The van der Waals surface area contributed by atoms with E-state index in [9.17, 15) is 9.59 Å². The second kappa shape index (κ2) is 6.11. The zero-order valence-corrected chi connectivity index (χ0v) is 14.3. The Kier molecular flexibility index (Phi) is 3.94. The number of carbonyl (C=O) groups is 2. The molecule has 2 amide bonds. The van der Waals surface area contributed by atoms with Gasteiger partial charge in [0, 0.05) is 5.56 Å². The lowest BCUT2D eigenvalue weighted by Gasteiger charge is -2.32. The first-order valence-electron chi connectivity index (χ1n) is 7.54. The summed E-state index contributed by atoms with van der Waals surface area (Å²) in [5, 5.41) is 3.28. The molecule has 1 fully saturated rings. The molecule has 2 atom stereocenters. The highest BCUT2D eigenvalue weighted by Gasteiger charge is 2.53. The summed E-state index contributed by atoms with van der Waals surface area (Å²) in [6, 6.07) is 19.3. The van der Waals surface area contributed by atoms with E-state index in [0.717, 1.165) is 11.1 Å². The van der Waals surface area contributed by atoms with Crippen molar-refractivity contribution in [1.82, 2.24) is 5.32 Å². The molecule has 2 aromatic carbocycles. The smallest absolute Gasteiger partial charge is 0.263 e. The minimum absolute atomic E-state index is 0.0505. The fraction of sp³-hybridized carbons (Fsp3) is 0.167. The van der Waals surface area contributed by atoms with Crippen molar-refractivity contribution < 1.29 is 9.59 Å². The number of benzene rings is 2. The lowest BCUT2D eigenvalue weighted by atomic mass is 10.0. The van der Waals surface area contributed by atoms with Gasteiger partial charge in [-0.25, -0.2) is 4.99 Å². The minimum atomic E-state index is -0.764. The van der Waals surface area contributed by atoms with Gasteiger partial charge in [0.1, 0.15) is 15.2 Å². The molecular formula is C18H14N2O2S2. The van der Waals surface area contributed by atoms with Crippen molar-refractivity contribution in [3.63, 3.8) is 0 Å². The van der Waals surface area contributed by atoms with Crippen molar-refractivity contribution in [2.75, 3.05) is 5.75 Å². The Morgan fingerprint density at radius 3 is 2.29 bits per heavy atom. The number of nitrogens with zero attached hydrogens (tertiary/aromatic N) is 1. The van der Waals surface area contributed by atoms with Gasteiger partial charge in [-0.05, 0) is 5.56 Å². The zero-order valence-electron chi connectivity index (χ0n) is 12.6. The number of amides is 2. The van der Waals surface area contributed by atoms with Crippen LogP contribution in [0.2, 0.25) is 0 Å². The molecule has 2 unspecified atom stereocenters. The number of hydrogen-bond donors (Lipinski definition) is 1. The Morgan fingerprint density at radius 2 is 1.67 bits per heavy atom. The summed E-state index contributed by atoms with van der Waals surface area (Å²) in [7, 11) is 0. The van der Waals surface area contributed by atoms with Crippen LogP contribution >= 0.6 is 23.5 Å². The minimum Gasteiger partial charge on any atom is -0.335 e. The van der Waals surface area contributed by atoms with E-state index in [4.69, 9.17) is 0 Å². The largest absolute Gasteiger partial charge is 0.335 e. The van der Waals surface area contributed by atoms with Crippen molar-refractivity contribution in [3.05, 3.63) is 71.8 Å². The predicted octanol–water partition coefficient (Wildman–Crippen LogP) is 2.79. The van der Waals surface area contributed by atoms with Crippen LogP contribution in [0.5, 0.6) is 0 Å². The highest BCUT2D eigenvalue weighted by molar-refractivity contribution is 8.17. The number of aliphatic imine (C=N–C) groups is 1. The van der Waals surface area contributed by atoms with Gasteiger partial charge in [0.2, 0.25) is 5.91 Å². The molecule has 0 spiro atoms. The summed E-state index contributed by atoms with van der Waals surface area (Å²) in [6.07, 6.45) is 0. The first-order valence-corrected chi connectivity index (χ1v) is 9.41. The van der Waals surface area contributed by atoms with Crippen LogP contribution in [0.15, 0.2) is 65.7 Å². The molecule has 1 saturated heterocycles. The van der Waals surface area contributed by atoms with Crippen molar-refractivity contribution in [2.45, 2.75) is 10.1 Å². The maximum atomic E-state index is 12.7. The SMILES string of the molecule is O=C1CSC(c2ccccc2)(C2SC(c3ccccc3)=NC2=O)N1. The molecule has 2 aliphatic heterocycles. The normalized spacial score (nSPS) is 26.3. The topological polar surface area (TPSA) is 58.5 Å². The summed E-state index contributed by atoms with van der Waals surface area (Å²) in [6.45, 7) is 0. The molecule has 2 aromatic rings. The standard InChI is InChI=1S/C18H14N2O2S2/c21-14-11-23-18(20-14,13-9-5-2-6-10-13)15-16(22)19-17(24-15)12-7-3-1-4-8-12/h1-10,15H,11H2,(H,20,21). The van der Waals surface area contributed by atoms with Crippen LogP contribution in [0.25, 0.3) is 0 Å². The molecule has 0 aliphatic carbocycles. The van der Waals surface area contributed by atoms with E-state index < -0.39 is 10.1 Å². The van der Waals surface area contributed by atoms with Gasteiger partial charge < -0.3 is 5.32 Å². The first kappa shape index (κ1) is 15.5.